The lowest BCUT2D eigenvalue weighted by atomic mass is 9.89. The first-order valence-electron chi connectivity index (χ1n) is 5.51. The molecule has 0 amide bonds. The van der Waals surface area contributed by atoms with Crippen LogP contribution in [0.3, 0.4) is 0 Å². The van der Waals surface area contributed by atoms with E-state index in [0.29, 0.717) is 52.6 Å². The minimum atomic E-state index is -0.342. The van der Waals surface area contributed by atoms with Crippen molar-refractivity contribution in [2.24, 2.45) is 27.7 Å². The van der Waals surface area contributed by atoms with Gasteiger partial charge in [-0.2, -0.15) is 0 Å². The number of azide groups is 1. The van der Waals surface area contributed by atoms with E-state index in [1.54, 1.807) is 0 Å². The van der Waals surface area contributed by atoms with Gasteiger partial charge in [-0.25, -0.2) is 0 Å². The van der Waals surface area contributed by atoms with Crippen LogP contribution in [-0.2, 0) is 9.47 Å². The maximum absolute atomic E-state index is 8.02. The molecule has 0 heterocycles. The van der Waals surface area contributed by atoms with Crippen molar-refractivity contribution in [2.75, 3.05) is 52.6 Å². The third-order valence-electron chi connectivity index (χ3n) is 2.48. The van der Waals surface area contributed by atoms with Crippen LogP contribution < -0.4 is 17.2 Å². The van der Waals surface area contributed by atoms with E-state index in [1.165, 1.54) is 0 Å². The Balaban J connectivity index is 3.52. The summed E-state index contributed by atoms with van der Waals surface area (Å²) >= 11 is 0. The van der Waals surface area contributed by atoms with Crippen molar-refractivity contribution in [3.63, 3.8) is 0 Å². The molecule has 0 aliphatic carbocycles. The predicted molar refractivity (Wildman–Crippen MR) is 65.2 cm³/mol. The third kappa shape index (κ3) is 7.11. The summed E-state index contributed by atoms with van der Waals surface area (Å²) in [6, 6.07) is 0. The first-order valence-corrected chi connectivity index (χ1v) is 5.51. The number of ether oxygens (including phenoxy) is 2. The summed E-state index contributed by atoms with van der Waals surface area (Å²) in [5.74, 6) is 0. The van der Waals surface area contributed by atoms with Crippen molar-refractivity contribution in [3.8, 4) is 0 Å². The Hall–Kier alpha value is -0.890. The molecule has 8 heteroatoms. The van der Waals surface area contributed by atoms with Crippen molar-refractivity contribution >= 4 is 0 Å². The summed E-state index contributed by atoms with van der Waals surface area (Å²) in [6.07, 6.45) is 0. The van der Waals surface area contributed by atoms with Crippen LogP contribution in [-0.4, -0.2) is 52.6 Å². The Morgan fingerprint density at radius 1 is 1.00 bits per heavy atom. The normalized spacial score (nSPS) is 11.2. The lowest BCUT2D eigenvalue weighted by Gasteiger charge is -2.28. The van der Waals surface area contributed by atoms with Gasteiger partial charge in [0.05, 0.1) is 26.4 Å². The number of nitrogens with two attached hydrogens (primary N) is 3. The fraction of sp³-hybridized carbons (Fsp3) is 1.00. The molecule has 0 aliphatic rings. The molecule has 0 saturated carbocycles. The van der Waals surface area contributed by atoms with Crippen LogP contribution in [0.1, 0.15) is 0 Å². The van der Waals surface area contributed by atoms with Gasteiger partial charge in [0.1, 0.15) is 0 Å². The summed E-state index contributed by atoms with van der Waals surface area (Å²) in [5, 5.41) is 3.33. The highest BCUT2D eigenvalue weighted by Crippen LogP contribution is 2.11. The summed E-state index contributed by atoms with van der Waals surface area (Å²) in [5.41, 5.74) is 24.5. The average Bonchev–Trinajstić information content (AvgIpc) is 2.38. The second kappa shape index (κ2) is 10.3. The first kappa shape index (κ1) is 16.1. The fourth-order valence-corrected chi connectivity index (χ4v) is 1.09. The monoisotopic (exact) mass is 246 g/mol. The predicted octanol–water partition coefficient (Wildman–Crippen LogP) is -0.808. The maximum atomic E-state index is 8.02. The van der Waals surface area contributed by atoms with Crippen LogP contribution in [0.5, 0.6) is 0 Å². The highest BCUT2D eigenvalue weighted by atomic mass is 16.5. The van der Waals surface area contributed by atoms with Crippen LogP contribution in [0.4, 0.5) is 0 Å². The smallest absolute Gasteiger partial charge is 0.0700 e. The van der Waals surface area contributed by atoms with Gasteiger partial charge in [0, 0.05) is 36.5 Å². The number of hydrogen-bond donors (Lipinski definition) is 3. The lowest BCUT2D eigenvalue weighted by molar-refractivity contribution is 0.0135. The highest BCUT2D eigenvalue weighted by Gasteiger charge is 2.25. The van der Waals surface area contributed by atoms with Crippen molar-refractivity contribution < 1.29 is 9.47 Å². The van der Waals surface area contributed by atoms with Gasteiger partial charge in [-0.1, -0.05) is 5.11 Å². The Labute approximate surface area is 101 Å². The van der Waals surface area contributed by atoms with E-state index in [9.17, 15) is 0 Å². The summed E-state index contributed by atoms with van der Waals surface area (Å²) in [7, 11) is 0. The SMILES string of the molecule is [N-]=[N+]=NCCOCCOCC(CN)(CN)CN. The van der Waals surface area contributed by atoms with Crippen LogP contribution >= 0.6 is 0 Å². The number of nitrogens with zero attached hydrogens (tertiary/aromatic N) is 3. The molecular formula is C9H22N6O2. The zero-order chi connectivity index (χ0) is 13.0. The molecule has 0 rings (SSSR count). The number of hydrogen-bond acceptors (Lipinski definition) is 6. The third-order valence-corrected chi connectivity index (χ3v) is 2.48. The van der Waals surface area contributed by atoms with Gasteiger partial charge in [0.15, 0.2) is 0 Å². The van der Waals surface area contributed by atoms with Crippen molar-refractivity contribution in [3.05, 3.63) is 10.4 Å². The molecule has 0 aromatic carbocycles. The molecule has 17 heavy (non-hydrogen) atoms. The molecule has 0 fully saturated rings. The Kier molecular flexibility index (Phi) is 9.74. The Morgan fingerprint density at radius 3 is 2.12 bits per heavy atom. The molecule has 0 aliphatic heterocycles. The quantitative estimate of drug-likeness (QED) is 0.189. The van der Waals surface area contributed by atoms with E-state index in [4.69, 9.17) is 32.2 Å². The second-order valence-electron chi connectivity index (χ2n) is 3.73. The van der Waals surface area contributed by atoms with Gasteiger partial charge >= 0.3 is 0 Å². The van der Waals surface area contributed by atoms with Crippen LogP contribution in [0.2, 0.25) is 0 Å². The topological polar surface area (TPSA) is 145 Å². The zero-order valence-corrected chi connectivity index (χ0v) is 10.0. The summed E-state index contributed by atoms with van der Waals surface area (Å²) in [6.45, 7) is 3.23. The van der Waals surface area contributed by atoms with Crippen LogP contribution in [0.15, 0.2) is 5.11 Å². The van der Waals surface area contributed by atoms with Gasteiger partial charge in [-0.05, 0) is 5.53 Å². The van der Waals surface area contributed by atoms with Crippen LogP contribution in [0, 0.1) is 5.41 Å². The highest BCUT2D eigenvalue weighted by molar-refractivity contribution is 4.82. The van der Waals surface area contributed by atoms with Crippen LogP contribution in [0.25, 0.3) is 10.4 Å². The van der Waals surface area contributed by atoms with E-state index >= 15 is 0 Å². The van der Waals surface area contributed by atoms with E-state index in [0.717, 1.165) is 0 Å². The fourth-order valence-electron chi connectivity index (χ4n) is 1.09. The minimum Gasteiger partial charge on any atom is -0.379 e. The van der Waals surface area contributed by atoms with Gasteiger partial charge in [-0.3, -0.25) is 0 Å². The molecule has 0 unspecified atom stereocenters. The summed E-state index contributed by atoms with van der Waals surface area (Å²) in [4.78, 5) is 2.61. The second-order valence-corrected chi connectivity index (χ2v) is 3.73. The molecular weight excluding hydrogens is 224 g/mol. The van der Waals surface area contributed by atoms with E-state index in [-0.39, 0.29) is 5.41 Å². The van der Waals surface area contributed by atoms with E-state index in [2.05, 4.69) is 10.0 Å². The molecule has 0 saturated heterocycles. The molecule has 6 N–H and O–H groups in total. The van der Waals surface area contributed by atoms with Crippen molar-refractivity contribution in [1.82, 2.24) is 0 Å². The molecule has 0 spiro atoms. The minimum absolute atomic E-state index is 0.328. The van der Waals surface area contributed by atoms with Gasteiger partial charge < -0.3 is 26.7 Å². The molecule has 0 radical (unpaired) electrons. The van der Waals surface area contributed by atoms with Crippen molar-refractivity contribution in [1.29, 1.82) is 0 Å². The number of rotatable bonds is 11. The Morgan fingerprint density at radius 2 is 1.59 bits per heavy atom. The van der Waals surface area contributed by atoms with Crippen molar-refractivity contribution in [2.45, 2.75) is 0 Å². The van der Waals surface area contributed by atoms with Gasteiger partial charge in [0.25, 0.3) is 0 Å². The standard InChI is InChI=1S/C9H22N6O2/c10-5-9(6-11,7-12)8-17-4-3-16-2-1-14-15-13/h1-8,10-12H2. The molecule has 8 nitrogen and oxygen atoms in total. The average molecular weight is 246 g/mol. The lowest BCUT2D eigenvalue weighted by Crippen LogP contribution is -2.47. The van der Waals surface area contributed by atoms with E-state index < -0.39 is 0 Å². The summed E-state index contributed by atoms with van der Waals surface area (Å²) < 4.78 is 10.6. The maximum Gasteiger partial charge on any atom is 0.0700 e. The molecule has 0 bridgehead atoms. The first-order chi connectivity index (χ1) is 8.24. The van der Waals surface area contributed by atoms with E-state index in [1.807, 2.05) is 0 Å². The largest absolute Gasteiger partial charge is 0.379 e. The van der Waals surface area contributed by atoms with Gasteiger partial charge in [0.2, 0.25) is 0 Å². The molecule has 100 valence electrons. The molecule has 0 atom stereocenters. The Bertz CT molecular complexity index is 219. The zero-order valence-electron chi connectivity index (χ0n) is 10.0. The van der Waals surface area contributed by atoms with Gasteiger partial charge in [-0.15, -0.1) is 0 Å². The molecule has 0 aromatic heterocycles. The molecule has 0 aromatic rings.